The molecule has 0 atom stereocenters. The fraction of sp³-hybridized carbons (Fsp3) is 0.0714. The number of halogens is 2. The molecule has 0 unspecified atom stereocenters. The molecule has 0 spiro atoms. The lowest BCUT2D eigenvalue weighted by Crippen LogP contribution is -2.04. The van der Waals surface area contributed by atoms with Crippen LogP contribution in [0.4, 0.5) is 22.7 Å². The Hall–Kier alpha value is -4.40. The summed E-state index contributed by atoms with van der Waals surface area (Å²) in [5.41, 5.74) is 26.4. The molecule has 8 N–H and O–H groups in total. The van der Waals surface area contributed by atoms with E-state index in [2.05, 4.69) is 0 Å². The van der Waals surface area contributed by atoms with Gasteiger partial charge in [-0.1, -0.05) is 23.2 Å². The van der Waals surface area contributed by atoms with Gasteiger partial charge in [0.1, 0.15) is 11.5 Å². The van der Waals surface area contributed by atoms with E-state index in [1.807, 2.05) is 0 Å². The van der Waals surface area contributed by atoms with Crippen molar-refractivity contribution in [2.75, 3.05) is 37.2 Å². The third kappa shape index (κ3) is 6.47. The quantitative estimate of drug-likeness (QED) is 0.180. The molecule has 0 radical (unpaired) electrons. The fourth-order valence-electron chi connectivity index (χ4n) is 3.45. The molecule has 196 valence electrons. The number of carbonyl (C=O) groups excluding carboxylic acids is 2. The molecule has 4 aromatic rings. The van der Waals surface area contributed by atoms with Crippen LogP contribution in [0.15, 0.2) is 72.8 Å². The predicted octanol–water partition coefficient (Wildman–Crippen LogP) is 5.49. The van der Waals surface area contributed by atoms with Crippen molar-refractivity contribution in [2.45, 2.75) is 0 Å². The van der Waals surface area contributed by atoms with Crippen molar-refractivity contribution in [1.82, 2.24) is 0 Å². The molecule has 0 fully saturated rings. The van der Waals surface area contributed by atoms with Crippen LogP contribution in [0.3, 0.4) is 0 Å². The summed E-state index contributed by atoms with van der Waals surface area (Å²) in [7, 11) is 3.05. The molecule has 0 aromatic heterocycles. The summed E-state index contributed by atoms with van der Waals surface area (Å²) in [6.07, 6.45) is 0. The molecular weight excluding hydrogens is 527 g/mol. The molecule has 4 aromatic carbocycles. The number of hydrogen-bond acceptors (Lipinski definition) is 8. The summed E-state index contributed by atoms with van der Waals surface area (Å²) in [6.45, 7) is 0. The van der Waals surface area contributed by atoms with Crippen LogP contribution in [0, 0.1) is 0 Å². The van der Waals surface area contributed by atoms with Crippen molar-refractivity contribution >= 4 is 57.5 Å². The highest BCUT2D eigenvalue weighted by Gasteiger charge is 2.13. The second-order valence-corrected chi connectivity index (χ2v) is 8.86. The van der Waals surface area contributed by atoms with Crippen LogP contribution in [-0.4, -0.2) is 25.8 Å². The Morgan fingerprint density at radius 3 is 1.08 bits per heavy atom. The minimum Gasteiger partial charge on any atom is -0.495 e. The molecule has 0 heterocycles. The van der Waals surface area contributed by atoms with Crippen molar-refractivity contribution in [1.29, 1.82) is 0 Å². The number of rotatable bonds is 6. The van der Waals surface area contributed by atoms with Gasteiger partial charge in [-0.15, -0.1) is 0 Å². The zero-order chi connectivity index (χ0) is 28.0. The molecule has 0 aliphatic rings. The molecule has 4 rings (SSSR count). The molecule has 10 heteroatoms. The van der Waals surface area contributed by atoms with E-state index in [1.54, 1.807) is 60.7 Å². The topological polar surface area (TPSA) is 157 Å². The van der Waals surface area contributed by atoms with E-state index in [0.717, 1.165) is 0 Å². The lowest BCUT2D eigenvalue weighted by molar-refractivity contribution is 0.103. The molecule has 0 amide bonds. The molecular formula is C28H26Cl2N4O4. The van der Waals surface area contributed by atoms with Gasteiger partial charge in [0.2, 0.25) is 0 Å². The summed E-state index contributed by atoms with van der Waals surface area (Å²) in [4.78, 5) is 24.5. The lowest BCUT2D eigenvalue weighted by atomic mass is 10.0. The minimum atomic E-state index is -0.179. The van der Waals surface area contributed by atoms with E-state index in [1.165, 1.54) is 26.4 Å². The highest BCUT2D eigenvalue weighted by Crippen LogP contribution is 2.27. The molecule has 8 nitrogen and oxygen atoms in total. The van der Waals surface area contributed by atoms with Gasteiger partial charge in [0.15, 0.2) is 11.6 Å². The van der Waals surface area contributed by atoms with Crippen LogP contribution in [0.2, 0.25) is 10.0 Å². The Morgan fingerprint density at radius 2 is 0.816 bits per heavy atom. The SMILES string of the molecule is COc1ccc(C(=O)c2ccc(OC)c(N)c2)cc1N.Nc1cc(C(=O)c2ccc(Cl)c(N)c2)ccc1Cl. The van der Waals surface area contributed by atoms with Crippen LogP contribution in [0.1, 0.15) is 31.8 Å². The van der Waals surface area contributed by atoms with Crippen LogP contribution in [0.25, 0.3) is 0 Å². The fourth-order valence-corrected chi connectivity index (χ4v) is 3.69. The zero-order valence-electron chi connectivity index (χ0n) is 20.6. The first-order valence-corrected chi connectivity index (χ1v) is 11.9. The second-order valence-electron chi connectivity index (χ2n) is 8.04. The highest BCUT2D eigenvalue weighted by atomic mass is 35.5. The number of benzene rings is 4. The third-order valence-corrected chi connectivity index (χ3v) is 6.19. The van der Waals surface area contributed by atoms with Crippen LogP contribution < -0.4 is 32.4 Å². The monoisotopic (exact) mass is 552 g/mol. The van der Waals surface area contributed by atoms with E-state index >= 15 is 0 Å². The van der Waals surface area contributed by atoms with Gasteiger partial charge in [-0.3, -0.25) is 9.59 Å². The van der Waals surface area contributed by atoms with Gasteiger partial charge in [0.05, 0.1) is 47.0 Å². The van der Waals surface area contributed by atoms with Crippen LogP contribution >= 0.6 is 23.2 Å². The van der Waals surface area contributed by atoms with Crippen molar-refractivity contribution < 1.29 is 19.1 Å². The molecule has 0 aliphatic carbocycles. The van der Waals surface area contributed by atoms with Crippen LogP contribution in [0.5, 0.6) is 11.5 Å². The maximum Gasteiger partial charge on any atom is 0.193 e. The van der Waals surface area contributed by atoms with E-state index in [4.69, 9.17) is 55.6 Å². The van der Waals surface area contributed by atoms with Gasteiger partial charge in [0.25, 0.3) is 0 Å². The summed E-state index contributed by atoms with van der Waals surface area (Å²) in [6, 6.07) is 19.3. The standard InChI is InChI=1S/C15H16N2O3.C13H10Cl2N2O/c1-19-13-5-3-9(7-11(13)16)15(18)10-4-6-14(20-2)12(17)8-10;14-9-3-1-7(5-11(9)16)13(18)8-2-4-10(15)12(17)6-8/h3-8H,16-17H2,1-2H3;1-6H,16-17H2. The van der Waals surface area contributed by atoms with Crippen molar-refractivity contribution in [3.05, 3.63) is 105 Å². The summed E-state index contributed by atoms with van der Waals surface area (Å²) < 4.78 is 10.1. The van der Waals surface area contributed by atoms with Gasteiger partial charge >= 0.3 is 0 Å². The number of hydrogen-bond donors (Lipinski definition) is 4. The first-order valence-electron chi connectivity index (χ1n) is 11.1. The number of methoxy groups -OCH3 is 2. The summed E-state index contributed by atoms with van der Waals surface area (Å²) in [5.74, 6) is 0.738. The first kappa shape index (κ1) is 28.2. The first-order chi connectivity index (χ1) is 18.0. The summed E-state index contributed by atoms with van der Waals surface area (Å²) in [5, 5.41) is 0.837. The van der Waals surface area contributed by atoms with E-state index < -0.39 is 0 Å². The number of ether oxygens (including phenoxy) is 2. The second kappa shape index (κ2) is 12.2. The van der Waals surface area contributed by atoms with Crippen molar-refractivity contribution in [2.24, 2.45) is 0 Å². The van der Waals surface area contributed by atoms with Gasteiger partial charge < -0.3 is 32.4 Å². The van der Waals surface area contributed by atoms with E-state index in [9.17, 15) is 9.59 Å². The third-order valence-electron chi connectivity index (χ3n) is 5.50. The smallest absolute Gasteiger partial charge is 0.193 e. The maximum atomic E-state index is 12.4. The Labute approximate surface area is 230 Å². The Morgan fingerprint density at radius 1 is 0.526 bits per heavy atom. The Kier molecular flexibility index (Phi) is 9.07. The normalized spacial score (nSPS) is 10.2. The number of anilines is 4. The average molecular weight is 553 g/mol. The largest absolute Gasteiger partial charge is 0.495 e. The number of nitrogens with two attached hydrogens (primary N) is 4. The predicted molar refractivity (Wildman–Crippen MR) is 153 cm³/mol. The molecule has 0 bridgehead atoms. The number of ketones is 2. The molecule has 0 aliphatic heterocycles. The van der Waals surface area contributed by atoms with Gasteiger partial charge in [-0.25, -0.2) is 0 Å². The molecule has 0 saturated heterocycles. The van der Waals surface area contributed by atoms with Crippen molar-refractivity contribution in [3.63, 3.8) is 0 Å². The Bertz CT molecular complexity index is 1400. The van der Waals surface area contributed by atoms with Gasteiger partial charge in [-0.2, -0.15) is 0 Å². The number of nitrogen functional groups attached to an aromatic ring is 4. The summed E-state index contributed by atoms with van der Waals surface area (Å²) >= 11 is 11.6. The van der Waals surface area contributed by atoms with E-state index in [-0.39, 0.29) is 11.6 Å². The maximum absolute atomic E-state index is 12.4. The molecule has 0 saturated carbocycles. The number of carbonyl (C=O) groups is 2. The Balaban J connectivity index is 0.000000212. The van der Waals surface area contributed by atoms with Gasteiger partial charge in [-0.05, 0) is 72.8 Å². The van der Waals surface area contributed by atoms with Crippen LogP contribution in [-0.2, 0) is 0 Å². The minimum absolute atomic E-state index is 0.159. The zero-order valence-corrected chi connectivity index (χ0v) is 22.1. The highest BCUT2D eigenvalue weighted by molar-refractivity contribution is 6.34. The average Bonchev–Trinajstić information content (AvgIpc) is 2.91. The molecule has 38 heavy (non-hydrogen) atoms. The van der Waals surface area contributed by atoms with E-state index in [0.29, 0.717) is 66.5 Å². The lowest BCUT2D eigenvalue weighted by Gasteiger charge is -2.08. The van der Waals surface area contributed by atoms with Gasteiger partial charge in [0, 0.05) is 22.3 Å². The van der Waals surface area contributed by atoms with Crippen molar-refractivity contribution in [3.8, 4) is 11.5 Å².